The second-order valence-electron chi connectivity index (χ2n) is 14.5. The molecular formula is C42H53N7O8. The zero-order valence-electron chi connectivity index (χ0n) is 33.4. The molecule has 0 spiro atoms. The van der Waals surface area contributed by atoms with E-state index >= 15 is 0 Å². The zero-order valence-corrected chi connectivity index (χ0v) is 33.4. The van der Waals surface area contributed by atoms with Gasteiger partial charge in [-0.3, -0.25) is 9.59 Å². The molecule has 0 bridgehead atoms. The molecule has 1 unspecified atom stereocenters. The summed E-state index contributed by atoms with van der Waals surface area (Å²) < 4.78 is 20.4. The summed E-state index contributed by atoms with van der Waals surface area (Å²) in [6.07, 6.45) is 3.54. The van der Waals surface area contributed by atoms with Crippen LogP contribution in [0.2, 0.25) is 0 Å². The molecule has 4 N–H and O–H groups in total. The Morgan fingerprint density at radius 2 is 1.12 bits per heavy atom. The van der Waals surface area contributed by atoms with Crippen molar-refractivity contribution >= 4 is 24.0 Å². The van der Waals surface area contributed by atoms with Crippen LogP contribution in [0.15, 0.2) is 66.9 Å². The first-order valence-electron chi connectivity index (χ1n) is 19.4. The minimum Gasteiger partial charge on any atom is -0.453 e. The van der Waals surface area contributed by atoms with E-state index in [0.29, 0.717) is 18.9 Å². The van der Waals surface area contributed by atoms with Crippen molar-refractivity contribution in [3.8, 4) is 33.6 Å². The predicted molar refractivity (Wildman–Crippen MR) is 213 cm³/mol. The standard InChI is InChI=1S/C42H53N7O8/c1-25(54-3)36(46-41(52)56-5)39(50)48-22-8-7-10-34(48)32-21-20-31(44-32)29-16-12-27(13-17-29)28-14-18-30(19-15-28)33-24-43-38(45-33)35-11-9-23-49(35)40(51)37(26(2)55-4)47-42(53)57-6/h12-21,24-26,34-37,44H,7-11,22-23H2,1-6H3,(H,43,45)(H,46,52)(H,47,53)/t25?,26-,34+,35+,36+,37+/m1/s1. The summed E-state index contributed by atoms with van der Waals surface area (Å²) in [5.74, 6) is 0.236. The smallest absolute Gasteiger partial charge is 0.407 e. The van der Waals surface area contributed by atoms with E-state index in [1.54, 1.807) is 24.9 Å². The molecule has 4 heterocycles. The van der Waals surface area contributed by atoms with Gasteiger partial charge in [-0.05, 0) is 80.3 Å². The number of nitrogens with one attached hydrogen (secondary N) is 4. The van der Waals surface area contributed by atoms with Crippen LogP contribution >= 0.6 is 0 Å². The summed E-state index contributed by atoms with van der Waals surface area (Å²) in [5.41, 5.74) is 6.81. The van der Waals surface area contributed by atoms with Gasteiger partial charge >= 0.3 is 12.2 Å². The second kappa shape index (κ2) is 18.5. The molecule has 0 aliphatic carbocycles. The topological polar surface area (TPSA) is 180 Å². The van der Waals surface area contributed by atoms with E-state index in [4.69, 9.17) is 18.9 Å². The van der Waals surface area contributed by atoms with Gasteiger partial charge in [0.1, 0.15) is 17.9 Å². The van der Waals surface area contributed by atoms with Gasteiger partial charge in [-0.1, -0.05) is 48.5 Å². The van der Waals surface area contributed by atoms with Crippen LogP contribution in [0, 0.1) is 0 Å². The van der Waals surface area contributed by atoms with Crippen LogP contribution in [0.1, 0.15) is 69.6 Å². The first kappa shape index (κ1) is 41.0. The number of aromatic amines is 2. The molecule has 6 atom stereocenters. The number of nitrogens with zero attached hydrogens (tertiary/aromatic N) is 3. The number of imidazole rings is 1. The lowest BCUT2D eigenvalue weighted by atomic mass is 9.97. The highest BCUT2D eigenvalue weighted by Gasteiger charge is 2.39. The Morgan fingerprint density at radius 1 is 0.632 bits per heavy atom. The van der Waals surface area contributed by atoms with Gasteiger partial charge < -0.3 is 49.3 Å². The molecule has 15 heteroatoms. The minimum absolute atomic E-state index is 0.165. The average molecular weight is 784 g/mol. The number of alkyl carbamates (subject to hydrolysis) is 2. The van der Waals surface area contributed by atoms with Crippen molar-refractivity contribution in [2.75, 3.05) is 41.5 Å². The number of aromatic nitrogens is 3. The molecule has 2 saturated heterocycles. The fourth-order valence-corrected chi connectivity index (χ4v) is 7.71. The number of hydrogen-bond donors (Lipinski definition) is 4. The Hall–Kier alpha value is -5.67. The van der Waals surface area contributed by atoms with Gasteiger partial charge in [0.25, 0.3) is 0 Å². The summed E-state index contributed by atoms with van der Waals surface area (Å²) in [5, 5.41) is 5.28. The maximum absolute atomic E-state index is 13.8. The van der Waals surface area contributed by atoms with E-state index in [1.807, 2.05) is 29.2 Å². The molecule has 15 nitrogen and oxygen atoms in total. The van der Waals surface area contributed by atoms with Crippen LogP contribution in [0.4, 0.5) is 9.59 Å². The number of rotatable bonds is 13. The molecule has 57 heavy (non-hydrogen) atoms. The quantitative estimate of drug-likeness (QED) is 0.127. The fraction of sp³-hybridized carbons (Fsp3) is 0.452. The maximum atomic E-state index is 13.8. The molecular weight excluding hydrogens is 731 g/mol. The van der Waals surface area contributed by atoms with Crippen molar-refractivity contribution in [3.05, 3.63) is 78.4 Å². The van der Waals surface area contributed by atoms with E-state index in [2.05, 4.69) is 62.0 Å². The lowest BCUT2D eigenvalue weighted by Crippen LogP contribution is -2.55. The SMILES string of the molecule is COC(=O)N[C@H](C(=O)N1CCCC[C@H]1c1ccc(-c2ccc(-c3ccc(-c4cnc([C@@H]5CCCN5C(=O)[C@@H](NC(=O)OC)[C@@H](C)OC)[nH]4)cc3)cc2)[nH]1)C(C)OC. The Labute approximate surface area is 332 Å². The number of amides is 4. The van der Waals surface area contributed by atoms with Crippen molar-refractivity contribution in [1.82, 2.24) is 35.4 Å². The van der Waals surface area contributed by atoms with Crippen LogP contribution in [0.5, 0.6) is 0 Å². The summed E-state index contributed by atoms with van der Waals surface area (Å²) in [6.45, 7) is 4.61. The first-order chi connectivity index (χ1) is 27.6. The number of hydrogen-bond acceptors (Lipinski definition) is 9. The van der Waals surface area contributed by atoms with Gasteiger partial charge in [0.15, 0.2) is 0 Å². The first-order valence-corrected chi connectivity index (χ1v) is 19.4. The monoisotopic (exact) mass is 783 g/mol. The second-order valence-corrected chi connectivity index (χ2v) is 14.5. The summed E-state index contributed by atoms with van der Waals surface area (Å²) in [4.78, 5) is 66.7. The highest BCUT2D eigenvalue weighted by molar-refractivity contribution is 5.87. The van der Waals surface area contributed by atoms with Crippen LogP contribution in [0.25, 0.3) is 33.6 Å². The van der Waals surface area contributed by atoms with Gasteiger partial charge in [0.05, 0.1) is 50.4 Å². The van der Waals surface area contributed by atoms with Gasteiger partial charge in [-0.25, -0.2) is 14.6 Å². The Kier molecular flexibility index (Phi) is 13.3. The van der Waals surface area contributed by atoms with Crippen LogP contribution in [-0.4, -0.2) is 115 Å². The molecule has 0 saturated carbocycles. The third-order valence-corrected chi connectivity index (χ3v) is 11.2. The third kappa shape index (κ3) is 9.15. The molecule has 2 aliphatic heterocycles. The predicted octanol–water partition coefficient (Wildman–Crippen LogP) is 5.97. The number of methoxy groups -OCH3 is 4. The highest BCUT2D eigenvalue weighted by Crippen LogP contribution is 2.35. The van der Waals surface area contributed by atoms with E-state index in [0.717, 1.165) is 71.4 Å². The molecule has 2 aromatic carbocycles. The van der Waals surface area contributed by atoms with E-state index in [-0.39, 0.29) is 23.9 Å². The molecule has 6 rings (SSSR count). The van der Waals surface area contributed by atoms with Crippen LogP contribution in [0.3, 0.4) is 0 Å². The molecule has 2 fully saturated rings. The van der Waals surface area contributed by atoms with Crippen molar-refractivity contribution in [2.45, 2.75) is 82.3 Å². The number of H-pyrrole nitrogens is 2. The molecule has 0 radical (unpaired) electrons. The number of carbonyl (C=O) groups is 4. The summed E-state index contributed by atoms with van der Waals surface area (Å²) >= 11 is 0. The Morgan fingerprint density at radius 3 is 1.67 bits per heavy atom. The third-order valence-electron chi connectivity index (χ3n) is 11.2. The van der Waals surface area contributed by atoms with Crippen molar-refractivity contribution in [3.63, 3.8) is 0 Å². The zero-order chi connectivity index (χ0) is 40.6. The molecule has 304 valence electrons. The Bertz CT molecular complexity index is 1990. The summed E-state index contributed by atoms with van der Waals surface area (Å²) in [6, 6.07) is 18.4. The van der Waals surface area contributed by atoms with E-state index < -0.39 is 36.5 Å². The van der Waals surface area contributed by atoms with Gasteiger partial charge in [-0.2, -0.15) is 0 Å². The molecule has 2 aromatic heterocycles. The van der Waals surface area contributed by atoms with Crippen molar-refractivity contribution in [1.29, 1.82) is 0 Å². The minimum atomic E-state index is -0.896. The van der Waals surface area contributed by atoms with Gasteiger partial charge in [0, 0.05) is 38.7 Å². The van der Waals surface area contributed by atoms with Crippen LogP contribution < -0.4 is 10.6 Å². The average Bonchev–Trinajstić information content (AvgIpc) is 4.06. The number of carbonyl (C=O) groups excluding carboxylic acids is 4. The fourth-order valence-electron chi connectivity index (χ4n) is 7.71. The van der Waals surface area contributed by atoms with Gasteiger partial charge in [0.2, 0.25) is 11.8 Å². The van der Waals surface area contributed by atoms with Gasteiger partial charge in [-0.15, -0.1) is 0 Å². The molecule has 2 aliphatic rings. The number of likely N-dealkylation sites (tertiary alicyclic amines) is 2. The number of piperidine rings is 1. The summed E-state index contributed by atoms with van der Waals surface area (Å²) in [7, 11) is 5.54. The van der Waals surface area contributed by atoms with Crippen molar-refractivity contribution in [2.24, 2.45) is 0 Å². The van der Waals surface area contributed by atoms with Crippen LogP contribution in [-0.2, 0) is 28.5 Å². The van der Waals surface area contributed by atoms with E-state index in [1.165, 1.54) is 28.4 Å². The lowest BCUT2D eigenvalue weighted by Gasteiger charge is -2.38. The van der Waals surface area contributed by atoms with Crippen molar-refractivity contribution < 1.29 is 38.1 Å². The number of ether oxygens (including phenoxy) is 4. The normalized spacial score (nSPS) is 19.0. The highest BCUT2D eigenvalue weighted by atomic mass is 16.5. The molecule has 4 amide bonds. The number of benzene rings is 2. The lowest BCUT2D eigenvalue weighted by molar-refractivity contribution is -0.140. The largest absolute Gasteiger partial charge is 0.453 e. The maximum Gasteiger partial charge on any atom is 0.407 e. The molecule has 4 aromatic rings. The van der Waals surface area contributed by atoms with E-state index in [9.17, 15) is 19.2 Å². The Balaban J connectivity index is 1.12.